The fourth-order valence-corrected chi connectivity index (χ4v) is 4.85. The van der Waals surface area contributed by atoms with Crippen LogP contribution in [-0.2, 0) is 14.8 Å². The van der Waals surface area contributed by atoms with Crippen molar-refractivity contribution in [3.63, 3.8) is 0 Å². The molecule has 2 heterocycles. The number of thiophene rings is 1. The molecular weight excluding hydrogens is 318 g/mol. The standard InChI is InChI=1S/C8H10BrNO4S2/c9-6-5-15-8(7(6)11)16(12,13)10-1-3-14-4-2-10/h5,11H,1-4H2. The van der Waals surface area contributed by atoms with Gasteiger partial charge >= 0.3 is 0 Å². The molecular formula is C8H10BrNO4S2. The predicted molar refractivity (Wildman–Crippen MR) is 63.3 cm³/mol. The highest BCUT2D eigenvalue weighted by Crippen LogP contribution is 2.38. The first kappa shape index (κ1) is 12.3. The van der Waals surface area contributed by atoms with Crippen molar-refractivity contribution in [1.29, 1.82) is 0 Å². The zero-order valence-electron chi connectivity index (χ0n) is 8.22. The maximum absolute atomic E-state index is 12.1. The van der Waals surface area contributed by atoms with Crippen LogP contribution < -0.4 is 0 Å². The maximum Gasteiger partial charge on any atom is 0.256 e. The second-order valence-electron chi connectivity index (χ2n) is 3.24. The Bertz CT molecular complexity index is 478. The van der Waals surface area contributed by atoms with E-state index < -0.39 is 10.0 Å². The van der Waals surface area contributed by atoms with Crippen LogP contribution in [0, 0.1) is 0 Å². The van der Waals surface area contributed by atoms with Crippen molar-refractivity contribution in [3.8, 4) is 5.75 Å². The highest BCUT2D eigenvalue weighted by molar-refractivity contribution is 9.10. The van der Waals surface area contributed by atoms with E-state index in [4.69, 9.17) is 4.74 Å². The smallest absolute Gasteiger partial charge is 0.256 e. The third-order valence-electron chi connectivity index (χ3n) is 2.23. The zero-order valence-corrected chi connectivity index (χ0v) is 11.4. The summed E-state index contributed by atoms with van der Waals surface area (Å²) < 4.78 is 31.1. The molecule has 1 aromatic rings. The van der Waals surface area contributed by atoms with E-state index in [1.54, 1.807) is 5.38 Å². The Labute approximate surface area is 106 Å². The van der Waals surface area contributed by atoms with Crippen LogP contribution in [0.25, 0.3) is 0 Å². The van der Waals surface area contributed by atoms with Gasteiger partial charge in [-0.3, -0.25) is 0 Å². The first-order valence-corrected chi connectivity index (χ1v) is 7.68. The van der Waals surface area contributed by atoms with Gasteiger partial charge in [-0.2, -0.15) is 4.31 Å². The van der Waals surface area contributed by atoms with Gasteiger partial charge in [-0.1, -0.05) is 0 Å². The summed E-state index contributed by atoms with van der Waals surface area (Å²) in [6.45, 7) is 1.45. The van der Waals surface area contributed by atoms with Crippen LogP contribution in [0.5, 0.6) is 5.75 Å². The average Bonchev–Trinajstić information content (AvgIpc) is 2.61. The van der Waals surface area contributed by atoms with Crippen LogP contribution in [0.4, 0.5) is 0 Å². The largest absolute Gasteiger partial charge is 0.505 e. The molecule has 0 aromatic carbocycles. The molecule has 0 radical (unpaired) electrons. The van der Waals surface area contributed by atoms with E-state index in [9.17, 15) is 13.5 Å². The molecule has 2 rings (SSSR count). The third-order valence-corrected chi connectivity index (χ3v) is 6.53. The first-order chi connectivity index (χ1) is 7.53. The van der Waals surface area contributed by atoms with Crippen LogP contribution in [-0.4, -0.2) is 44.1 Å². The lowest BCUT2D eigenvalue weighted by Crippen LogP contribution is -2.40. The van der Waals surface area contributed by atoms with Gasteiger partial charge in [0.2, 0.25) is 0 Å². The molecule has 1 N–H and O–H groups in total. The number of aromatic hydroxyl groups is 1. The van der Waals surface area contributed by atoms with Crippen LogP contribution >= 0.6 is 27.3 Å². The van der Waals surface area contributed by atoms with E-state index in [2.05, 4.69) is 15.9 Å². The van der Waals surface area contributed by atoms with Crippen molar-refractivity contribution < 1.29 is 18.3 Å². The summed E-state index contributed by atoms with van der Waals surface area (Å²) in [5.74, 6) is -0.212. The van der Waals surface area contributed by atoms with Gasteiger partial charge in [0.25, 0.3) is 10.0 Å². The van der Waals surface area contributed by atoms with Crippen molar-refractivity contribution in [1.82, 2.24) is 4.31 Å². The zero-order chi connectivity index (χ0) is 11.8. The van der Waals surface area contributed by atoms with Gasteiger partial charge in [0.1, 0.15) is 0 Å². The summed E-state index contributed by atoms with van der Waals surface area (Å²) in [5.41, 5.74) is 0. The minimum Gasteiger partial charge on any atom is -0.505 e. The molecule has 8 heteroatoms. The van der Waals surface area contributed by atoms with Crippen molar-refractivity contribution in [3.05, 3.63) is 9.85 Å². The van der Waals surface area contributed by atoms with E-state index >= 15 is 0 Å². The Morgan fingerprint density at radius 3 is 2.56 bits per heavy atom. The van der Waals surface area contributed by atoms with E-state index in [-0.39, 0.29) is 9.96 Å². The fourth-order valence-electron chi connectivity index (χ4n) is 1.40. The normalized spacial score (nSPS) is 18.8. The van der Waals surface area contributed by atoms with Gasteiger partial charge < -0.3 is 9.84 Å². The van der Waals surface area contributed by atoms with Gasteiger partial charge in [-0.05, 0) is 15.9 Å². The molecule has 16 heavy (non-hydrogen) atoms. The molecule has 0 saturated carbocycles. The van der Waals surface area contributed by atoms with Crippen LogP contribution in [0.15, 0.2) is 14.1 Å². The number of ether oxygens (including phenoxy) is 1. The topological polar surface area (TPSA) is 66.8 Å². The SMILES string of the molecule is O=S(=O)(c1scc(Br)c1O)N1CCOCC1. The average molecular weight is 328 g/mol. The highest BCUT2D eigenvalue weighted by Gasteiger charge is 2.30. The van der Waals surface area contributed by atoms with E-state index in [0.29, 0.717) is 30.8 Å². The summed E-state index contributed by atoms with van der Waals surface area (Å²) in [4.78, 5) is 0. The number of hydrogen-bond donors (Lipinski definition) is 1. The van der Waals surface area contributed by atoms with Crippen molar-refractivity contribution >= 4 is 37.3 Å². The number of morpholine rings is 1. The molecule has 0 aliphatic carbocycles. The fraction of sp³-hybridized carbons (Fsp3) is 0.500. The van der Waals surface area contributed by atoms with Gasteiger partial charge in [-0.15, -0.1) is 11.3 Å². The molecule has 5 nitrogen and oxygen atoms in total. The summed E-state index contributed by atoms with van der Waals surface area (Å²) in [6, 6.07) is 0. The van der Waals surface area contributed by atoms with Crippen molar-refractivity contribution in [2.75, 3.05) is 26.3 Å². The Morgan fingerprint density at radius 2 is 2.06 bits per heavy atom. The highest BCUT2D eigenvalue weighted by atomic mass is 79.9. The Hall–Kier alpha value is -0.150. The Kier molecular flexibility index (Phi) is 3.55. The van der Waals surface area contributed by atoms with Gasteiger partial charge in [0.15, 0.2) is 9.96 Å². The lowest BCUT2D eigenvalue weighted by molar-refractivity contribution is 0.0730. The second kappa shape index (κ2) is 4.61. The molecule has 1 saturated heterocycles. The number of sulfonamides is 1. The third kappa shape index (κ3) is 2.12. The van der Waals surface area contributed by atoms with E-state index in [0.717, 1.165) is 11.3 Å². The molecule has 1 fully saturated rings. The molecule has 0 unspecified atom stereocenters. The molecule has 0 atom stereocenters. The number of hydrogen-bond acceptors (Lipinski definition) is 5. The Balaban J connectivity index is 2.34. The lowest BCUT2D eigenvalue weighted by atomic mass is 10.5. The Morgan fingerprint density at radius 1 is 1.44 bits per heavy atom. The van der Waals surface area contributed by atoms with Gasteiger partial charge in [0.05, 0.1) is 17.7 Å². The number of nitrogens with zero attached hydrogens (tertiary/aromatic N) is 1. The molecule has 90 valence electrons. The van der Waals surface area contributed by atoms with Crippen LogP contribution in [0.1, 0.15) is 0 Å². The molecule has 1 aliphatic rings. The second-order valence-corrected chi connectivity index (χ2v) is 7.10. The van der Waals surface area contributed by atoms with Crippen LogP contribution in [0.2, 0.25) is 0 Å². The number of halogens is 1. The minimum atomic E-state index is -3.58. The molecule has 0 amide bonds. The molecule has 0 spiro atoms. The van der Waals surface area contributed by atoms with E-state index in [1.165, 1.54) is 4.31 Å². The van der Waals surface area contributed by atoms with Gasteiger partial charge in [0, 0.05) is 18.5 Å². The molecule has 1 aliphatic heterocycles. The summed E-state index contributed by atoms with van der Waals surface area (Å²) in [6.07, 6.45) is 0. The minimum absolute atomic E-state index is 0.0127. The van der Waals surface area contributed by atoms with Crippen molar-refractivity contribution in [2.45, 2.75) is 4.21 Å². The van der Waals surface area contributed by atoms with Crippen molar-refractivity contribution in [2.24, 2.45) is 0 Å². The van der Waals surface area contributed by atoms with E-state index in [1.807, 2.05) is 0 Å². The summed E-state index contributed by atoms with van der Waals surface area (Å²) in [5, 5.41) is 11.2. The number of rotatable bonds is 2. The lowest BCUT2D eigenvalue weighted by Gasteiger charge is -2.25. The maximum atomic E-state index is 12.1. The summed E-state index contributed by atoms with van der Waals surface area (Å²) in [7, 11) is -3.58. The molecule has 0 bridgehead atoms. The predicted octanol–water partition coefficient (Wildman–Crippen LogP) is 1.24. The molecule has 1 aromatic heterocycles. The summed E-state index contributed by atoms with van der Waals surface area (Å²) >= 11 is 4.09. The first-order valence-electron chi connectivity index (χ1n) is 4.57. The van der Waals surface area contributed by atoms with Crippen LogP contribution in [0.3, 0.4) is 0 Å². The monoisotopic (exact) mass is 327 g/mol. The quantitative estimate of drug-likeness (QED) is 0.887. The van der Waals surface area contributed by atoms with Gasteiger partial charge in [-0.25, -0.2) is 8.42 Å².